The van der Waals surface area contributed by atoms with E-state index in [9.17, 15) is 5.11 Å². The number of hydrogen-bond donors (Lipinski definition) is 2. The van der Waals surface area contributed by atoms with Crippen LogP contribution >= 0.6 is 0 Å². The first kappa shape index (κ1) is 19.9. The summed E-state index contributed by atoms with van der Waals surface area (Å²) < 4.78 is 1.62. The minimum atomic E-state index is 0.0728. The maximum atomic E-state index is 10.5. The van der Waals surface area contributed by atoms with E-state index in [1.165, 1.54) is 12.8 Å². The van der Waals surface area contributed by atoms with Crippen LogP contribution in [-0.4, -0.2) is 59.2 Å². The third-order valence-corrected chi connectivity index (χ3v) is 6.76. The van der Waals surface area contributed by atoms with Crippen LogP contribution in [0.15, 0.2) is 30.7 Å². The third kappa shape index (κ3) is 3.63. The van der Waals surface area contributed by atoms with Crippen LogP contribution in [0.5, 0.6) is 5.75 Å². The molecule has 2 N–H and O–H groups in total. The number of phenols is 1. The second-order valence-electron chi connectivity index (χ2n) is 9.53. The van der Waals surface area contributed by atoms with Crippen molar-refractivity contribution in [2.75, 3.05) is 11.9 Å². The zero-order chi connectivity index (χ0) is 21.8. The lowest BCUT2D eigenvalue weighted by atomic mass is 9.84. The average molecular weight is 421 g/mol. The molecule has 0 amide bonds. The number of phenolic OH excluding ortho intramolecular Hbond substituents is 1. The second kappa shape index (κ2) is 6.98. The predicted octanol–water partition coefficient (Wildman–Crippen LogP) is 2.54. The molecule has 0 aliphatic carbocycles. The number of anilines is 1. The predicted molar refractivity (Wildman–Crippen MR) is 118 cm³/mol. The van der Waals surface area contributed by atoms with Gasteiger partial charge in [-0.3, -0.25) is 4.68 Å². The third-order valence-electron chi connectivity index (χ3n) is 6.76. The smallest absolute Gasteiger partial charge is 0.185 e. The normalized spacial score (nSPS) is 27.4. The van der Waals surface area contributed by atoms with Gasteiger partial charge in [0.1, 0.15) is 12.1 Å². The van der Waals surface area contributed by atoms with Crippen molar-refractivity contribution in [1.29, 1.82) is 0 Å². The molecule has 162 valence electrons. The Balaban J connectivity index is 1.35. The summed E-state index contributed by atoms with van der Waals surface area (Å²) in [5.41, 5.74) is 1.63. The van der Waals surface area contributed by atoms with E-state index < -0.39 is 0 Å². The molecular weight excluding hydrogens is 392 g/mol. The summed E-state index contributed by atoms with van der Waals surface area (Å²) in [6, 6.07) is 5.63. The second-order valence-corrected chi connectivity index (χ2v) is 9.53. The van der Waals surface area contributed by atoms with Crippen molar-refractivity contribution in [3.05, 3.63) is 30.7 Å². The fourth-order valence-electron chi connectivity index (χ4n) is 5.17. The minimum absolute atomic E-state index is 0.0728. The number of nitrogens with one attached hydrogen (secondary N) is 1. The first-order valence-corrected chi connectivity index (χ1v) is 10.6. The average Bonchev–Trinajstić information content (AvgIpc) is 3.27. The monoisotopic (exact) mass is 420 g/mol. The molecule has 2 aliphatic rings. The highest BCUT2D eigenvalue weighted by Crippen LogP contribution is 2.43. The number of nitrogens with zero attached hydrogens (tertiary/aromatic N) is 7. The summed E-state index contributed by atoms with van der Waals surface area (Å²) in [6.45, 7) is 4.64. The lowest BCUT2D eigenvalue weighted by molar-refractivity contribution is 0.207. The molecule has 9 heteroatoms. The molecule has 5 rings (SSSR count). The van der Waals surface area contributed by atoms with Gasteiger partial charge in [-0.25, -0.2) is 9.97 Å². The number of aryl methyl sites for hydroxylation is 1. The van der Waals surface area contributed by atoms with E-state index in [4.69, 9.17) is 0 Å². The summed E-state index contributed by atoms with van der Waals surface area (Å²) >= 11 is 0. The van der Waals surface area contributed by atoms with Crippen molar-refractivity contribution in [2.24, 2.45) is 7.05 Å². The zero-order valence-corrected chi connectivity index (χ0v) is 18.4. The number of aromatic nitrogens is 6. The van der Waals surface area contributed by atoms with Gasteiger partial charge < -0.3 is 15.3 Å². The topological polar surface area (TPSA) is 105 Å². The van der Waals surface area contributed by atoms with Crippen molar-refractivity contribution in [1.82, 2.24) is 35.3 Å². The Bertz CT molecular complexity index is 1090. The van der Waals surface area contributed by atoms with E-state index in [-0.39, 0.29) is 16.8 Å². The molecule has 2 saturated heterocycles. The van der Waals surface area contributed by atoms with Crippen molar-refractivity contribution < 1.29 is 5.11 Å². The molecule has 2 bridgehead atoms. The van der Waals surface area contributed by atoms with E-state index >= 15 is 0 Å². The van der Waals surface area contributed by atoms with Crippen molar-refractivity contribution >= 4 is 5.82 Å². The summed E-state index contributed by atoms with van der Waals surface area (Å²) in [4.78, 5) is 10.9. The summed E-state index contributed by atoms with van der Waals surface area (Å²) in [5, 5.41) is 27.3. The molecule has 2 fully saturated rings. The minimum Gasteiger partial charge on any atom is -0.507 e. The number of fused-ring (bicyclic) bond motifs is 2. The van der Waals surface area contributed by atoms with Crippen molar-refractivity contribution in [2.45, 2.75) is 56.7 Å². The Morgan fingerprint density at radius 2 is 1.84 bits per heavy atom. The van der Waals surface area contributed by atoms with Gasteiger partial charge in [0, 0.05) is 36.8 Å². The Hall–Kier alpha value is -3.07. The van der Waals surface area contributed by atoms with Crippen LogP contribution in [0.1, 0.15) is 39.5 Å². The van der Waals surface area contributed by atoms with Gasteiger partial charge in [0.2, 0.25) is 0 Å². The maximum absolute atomic E-state index is 10.5. The van der Waals surface area contributed by atoms with Crippen LogP contribution in [0.3, 0.4) is 0 Å². The molecule has 0 radical (unpaired) electrons. The van der Waals surface area contributed by atoms with Crippen molar-refractivity contribution in [3.8, 4) is 28.5 Å². The van der Waals surface area contributed by atoms with E-state index in [0.29, 0.717) is 23.3 Å². The van der Waals surface area contributed by atoms with Gasteiger partial charge in [-0.1, -0.05) is 6.07 Å². The highest BCUT2D eigenvalue weighted by Gasteiger charge is 2.49. The largest absolute Gasteiger partial charge is 0.507 e. The Morgan fingerprint density at radius 3 is 2.42 bits per heavy atom. The number of hydrogen-bond acceptors (Lipinski definition) is 8. The Morgan fingerprint density at radius 1 is 1.10 bits per heavy atom. The summed E-state index contributed by atoms with van der Waals surface area (Å²) in [5.74, 6) is 1.76. The highest BCUT2D eigenvalue weighted by molar-refractivity contribution is 5.70. The molecule has 0 spiro atoms. The van der Waals surface area contributed by atoms with Crippen molar-refractivity contribution in [3.63, 3.8) is 0 Å². The molecule has 2 aromatic heterocycles. The summed E-state index contributed by atoms with van der Waals surface area (Å²) in [7, 11) is 3.87. The number of rotatable bonds is 4. The zero-order valence-electron chi connectivity index (χ0n) is 18.4. The molecule has 4 heterocycles. The van der Waals surface area contributed by atoms with Gasteiger partial charge in [-0.05, 0) is 51.7 Å². The van der Waals surface area contributed by atoms with E-state index in [1.54, 1.807) is 36.4 Å². The Kier molecular flexibility index (Phi) is 4.47. The van der Waals surface area contributed by atoms with Gasteiger partial charge in [0.15, 0.2) is 17.5 Å². The number of piperidine rings is 1. The van der Waals surface area contributed by atoms with E-state index in [0.717, 1.165) is 24.2 Å². The quantitative estimate of drug-likeness (QED) is 0.663. The lowest BCUT2D eigenvalue weighted by Crippen LogP contribution is -2.58. The van der Waals surface area contributed by atoms with Crippen LogP contribution in [-0.2, 0) is 7.05 Å². The van der Waals surface area contributed by atoms with Gasteiger partial charge in [-0.2, -0.15) is 5.10 Å². The van der Waals surface area contributed by atoms with Crippen LogP contribution in [0.4, 0.5) is 5.82 Å². The van der Waals surface area contributed by atoms with E-state index in [1.807, 2.05) is 6.07 Å². The first-order valence-electron chi connectivity index (χ1n) is 10.6. The van der Waals surface area contributed by atoms with Gasteiger partial charge in [-0.15, -0.1) is 10.2 Å². The fourth-order valence-corrected chi connectivity index (χ4v) is 5.17. The van der Waals surface area contributed by atoms with E-state index in [2.05, 4.69) is 56.4 Å². The molecule has 3 aromatic rings. The molecule has 1 aromatic carbocycles. The molecular formula is C22H28N8O. The molecule has 9 nitrogen and oxygen atoms in total. The Labute approximate surface area is 181 Å². The standard InChI is InChI=1S/C22H28N8O/c1-21-7-8-22(2,28-21)11-15(10-21)30(4)18-12-23-20(26-25-18)16-6-5-14(9-17(16)31)19-24-13-29(3)27-19/h5-6,9,12-13,15,28,31H,7-8,10-11H2,1-4H3/t15?,21-,22+. The SMILES string of the molecule is CN(c1cnc(-c2ccc(-c3ncn(C)n3)cc2O)nn1)C1C[C@]2(C)CC[C@](C)(C1)N2. The molecule has 0 saturated carbocycles. The molecule has 1 unspecified atom stereocenters. The summed E-state index contributed by atoms with van der Waals surface area (Å²) in [6.07, 6.45) is 7.93. The maximum Gasteiger partial charge on any atom is 0.185 e. The van der Waals surface area contributed by atoms with Crippen LogP contribution in [0, 0.1) is 0 Å². The van der Waals surface area contributed by atoms with Crippen LogP contribution in [0.2, 0.25) is 0 Å². The molecule has 3 atom stereocenters. The highest BCUT2D eigenvalue weighted by atomic mass is 16.3. The van der Waals surface area contributed by atoms with Gasteiger partial charge in [0.25, 0.3) is 0 Å². The van der Waals surface area contributed by atoms with Gasteiger partial charge in [0.05, 0.1) is 11.8 Å². The first-order chi connectivity index (χ1) is 14.7. The number of aromatic hydroxyl groups is 1. The van der Waals surface area contributed by atoms with Gasteiger partial charge >= 0.3 is 0 Å². The fraction of sp³-hybridized carbons (Fsp3) is 0.500. The molecule has 2 aliphatic heterocycles. The lowest BCUT2D eigenvalue weighted by Gasteiger charge is -2.45. The van der Waals surface area contributed by atoms with Crippen LogP contribution < -0.4 is 10.2 Å². The number of benzene rings is 1. The van der Waals surface area contributed by atoms with Crippen LogP contribution in [0.25, 0.3) is 22.8 Å². The molecule has 31 heavy (non-hydrogen) atoms.